The maximum absolute atomic E-state index is 11.7. The van der Waals surface area contributed by atoms with Gasteiger partial charge in [-0.2, -0.15) is 0 Å². The molecule has 0 aromatic heterocycles. The fraction of sp³-hybridized carbons (Fsp3) is 0.727. The van der Waals surface area contributed by atoms with Gasteiger partial charge in [-0.3, -0.25) is 4.79 Å². The number of carbonyl (C=O) groups is 1. The lowest BCUT2D eigenvalue weighted by atomic mass is 10.1. The second kappa shape index (κ2) is 4.60. The van der Waals surface area contributed by atoms with E-state index in [9.17, 15) is 4.79 Å². The van der Waals surface area contributed by atoms with E-state index in [-0.39, 0.29) is 5.91 Å². The average molecular weight is 196 g/mol. The van der Waals surface area contributed by atoms with Crippen LogP contribution >= 0.6 is 0 Å². The van der Waals surface area contributed by atoms with Gasteiger partial charge < -0.3 is 10.6 Å². The Morgan fingerprint density at radius 1 is 1.57 bits per heavy atom. The number of rotatable bonds is 2. The fourth-order valence-electron chi connectivity index (χ4n) is 1.95. The second-order valence-electron chi connectivity index (χ2n) is 4.40. The van der Waals surface area contributed by atoms with Crippen molar-refractivity contribution in [2.45, 2.75) is 33.2 Å². The Balaban J connectivity index is 2.61. The first-order valence-electron chi connectivity index (χ1n) is 5.20. The Hall–Kier alpha value is -0.830. The Kier molecular flexibility index (Phi) is 3.69. The number of hydrogen-bond donors (Lipinski definition) is 1. The molecule has 1 heterocycles. The summed E-state index contributed by atoms with van der Waals surface area (Å²) >= 11 is 0. The first kappa shape index (κ1) is 11.2. The van der Waals surface area contributed by atoms with Gasteiger partial charge in [0.2, 0.25) is 5.91 Å². The topological polar surface area (TPSA) is 46.3 Å². The number of allylic oxidation sites excluding steroid dienone is 1. The van der Waals surface area contributed by atoms with Crippen LogP contribution in [0.5, 0.6) is 0 Å². The monoisotopic (exact) mass is 196 g/mol. The maximum Gasteiger partial charge on any atom is 0.246 e. The molecular formula is C11H20N2O. The third-order valence-electron chi connectivity index (χ3n) is 2.69. The van der Waals surface area contributed by atoms with E-state index in [1.165, 1.54) is 0 Å². The van der Waals surface area contributed by atoms with Crippen molar-refractivity contribution in [3.63, 3.8) is 0 Å². The quantitative estimate of drug-likeness (QED) is 0.673. The summed E-state index contributed by atoms with van der Waals surface area (Å²) in [5.74, 6) is 0.618. The van der Waals surface area contributed by atoms with Crippen LogP contribution in [0.2, 0.25) is 0 Å². The predicted molar refractivity (Wildman–Crippen MR) is 57.8 cm³/mol. The summed E-state index contributed by atoms with van der Waals surface area (Å²) in [6, 6.07) is 0.339. The molecule has 2 unspecified atom stereocenters. The Morgan fingerprint density at radius 2 is 2.21 bits per heavy atom. The summed E-state index contributed by atoms with van der Waals surface area (Å²) in [6.45, 7) is 7.48. The highest BCUT2D eigenvalue weighted by Gasteiger charge is 2.30. The average Bonchev–Trinajstić information content (AvgIpc) is 2.45. The molecule has 0 radical (unpaired) electrons. The van der Waals surface area contributed by atoms with Crippen molar-refractivity contribution in [3.8, 4) is 0 Å². The molecule has 0 saturated carbocycles. The summed E-state index contributed by atoms with van der Waals surface area (Å²) < 4.78 is 0. The summed E-state index contributed by atoms with van der Waals surface area (Å²) in [7, 11) is 0. The lowest BCUT2D eigenvalue weighted by Gasteiger charge is -2.19. The minimum absolute atomic E-state index is 0.133. The van der Waals surface area contributed by atoms with Gasteiger partial charge in [0.25, 0.3) is 0 Å². The van der Waals surface area contributed by atoms with E-state index in [2.05, 4.69) is 6.92 Å². The smallest absolute Gasteiger partial charge is 0.246 e. The van der Waals surface area contributed by atoms with Crippen molar-refractivity contribution in [2.75, 3.05) is 13.1 Å². The van der Waals surface area contributed by atoms with Crippen molar-refractivity contribution in [3.05, 3.63) is 11.6 Å². The molecular weight excluding hydrogens is 176 g/mol. The molecule has 0 spiro atoms. The highest BCUT2D eigenvalue weighted by Crippen LogP contribution is 2.22. The van der Waals surface area contributed by atoms with Crippen molar-refractivity contribution < 1.29 is 4.79 Å². The third-order valence-corrected chi connectivity index (χ3v) is 2.69. The number of amides is 1. The molecule has 80 valence electrons. The lowest BCUT2D eigenvalue weighted by Crippen LogP contribution is -2.33. The Bertz CT molecular complexity index is 244. The SMILES string of the molecule is CC(C)=CC(=O)N1CC(CN)CC1C. The normalized spacial score (nSPS) is 26.4. The van der Waals surface area contributed by atoms with Crippen LogP contribution in [-0.4, -0.2) is 29.9 Å². The van der Waals surface area contributed by atoms with Gasteiger partial charge in [-0.15, -0.1) is 0 Å². The van der Waals surface area contributed by atoms with Crippen LogP contribution in [0.25, 0.3) is 0 Å². The zero-order valence-corrected chi connectivity index (χ0v) is 9.29. The van der Waals surface area contributed by atoms with Crippen LogP contribution in [0.1, 0.15) is 27.2 Å². The largest absolute Gasteiger partial charge is 0.336 e. The Morgan fingerprint density at radius 3 is 2.64 bits per heavy atom. The molecule has 0 aliphatic carbocycles. The minimum atomic E-state index is 0.133. The first-order chi connectivity index (χ1) is 6.54. The molecule has 1 amide bonds. The number of nitrogens with zero attached hydrogens (tertiary/aromatic N) is 1. The van der Waals surface area contributed by atoms with Crippen LogP contribution in [0.15, 0.2) is 11.6 Å². The number of carbonyl (C=O) groups excluding carboxylic acids is 1. The minimum Gasteiger partial charge on any atom is -0.336 e. The van der Waals surface area contributed by atoms with Crippen LogP contribution in [0.3, 0.4) is 0 Å². The lowest BCUT2D eigenvalue weighted by molar-refractivity contribution is -0.126. The molecule has 2 N–H and O–H groups in total. The number of nitrogens with two attached hydrogens (primary N) is 1. The van der Waals surface area contributed by atoms with Gasteiger partial charge in [-0.1, -0.05) is 5.57 Å². The van der Waals surface area contributed by atoms with Gasteiger partial charge in [0.15, 0.2) is 0 Å². The summed E-state index contributed by atoms with van der Waals surface area (Å²) in [5.41, 5.74) is 6.66. The van der Waals surface area contributed by atoms with Gasteiger partial charge in [-0.25, -0.2) is 0 Å². The summed E-state index contributed by atoms with van der Waals surface area (Å²) in [5, 5.41) is 0. The molecule has 1 fully saturated rings. The third kappa shape index (κ3) is 2.58. The van der Waals surface area contributed by atoms with E-state index in [4.69, 9.17) is 5.73 Å². The molecule has 0 aromatic rings. The number of likely N-dealkylation sites (tertiary alicyclic amines) is 1. The van der Waals surface area contributed by atoms with E-state index in [0.717, 1.165) is 18.5 Å². The van der Waals surface area contributed by atoms with Crippen LogP contribution in [0.4, 0.5) is 0 Å². The molecule has 1 aliphatic rings. The summed E-state index contributed by atoms with van der Waals surface area (Å²) in [4.78, 5) is 13.7. The highest BCUT2D eigenvalue weighted by atomic mass is 16.2. The van der Waals surface area contributed by atoms with E-state index in [1.54, 1.807) is 6.08 Å². The predicted octanol–water partition coefficient (Wildman–Crippen LogP) is 1.15. The van der Waals surface area contributed by atoms with E-state index < -0.39 is 0 Å². The number of hydrogen-bond acceptors (Lipinski definition) is 2. The van der Waals surface area contributed by atoms with E-state index in [0.29, 0.717) is 18.5 Å². The van der Waals surface area contributed by atoms with E-state index >= 15 is 0 Å². The van der Waals surface area contributed by atoms with Gasteiger partial charge in [0, 0.05) is 18.7 Å². The van der Waals surface area contributed by atoms with Gasteiger partial charge in [-0.05, 0) is 39.7 Å². The molecule has 1 saturated heterocycles. The molecule has 1 rings (SSSR count). The van der Waals surface area contributed by atoms with Gasteiger partial charge in [0.05, 0.1) is 0 Å². The van der Waals surface area contributed by atoms with Crippen molar-refractivity contribution in [1.82, 2.24) is 4.90 Å². The molecule has 3 nitrogen and oxygen atoms in total. The van der Waals surface area contributed by atoms with Crippen molar-refractivity contribution >= 4 is 5.91 Å². The van der Waals surface area contributed by atoms with Crippen LogP contribution in [0, 0.1) is 5.92 Å². The second-order valence-corrected chi connectivity index (χ2v) is 4.40. The zero-order chi connectivity index (χ0) is 10.7. The molecule has 0 aromatic carbocycles. The van der Waals surface area contributed by atoms with Crippen molar-refractivity contribution in [2.24, 2.45) is 11.7 Å². The Labute approximate surface area is 86.0 Å². The molecule has 2 atom stereocenters. The molecule has 3 heteroatoms. The highest BCUT2D eigenvalue weighted by molar-refractivity contribution is 5.88. The first-order valence-corrected chi connectivity index (χ1v) is 5.20. The van der Waals surface area contributed by atoms with Crippen LogP contribution < -0.4 is 5.73 Å². The summed E-state index contributed by atoms with van der Waals surface area (Å²) in [6.07, 6.45) is 2.74. The standard InChI is InChI=1S/C11H20N2O/c1-8(2)4-11(14)13-7-10(6-12)5-9(13)3/h4,9-10H,5-7,12H2,1-3H3. The van der Waals surface area contributed by atoms with E-state index in [1.807, 2.05) is 18.7 Å². The van der Waals surface area contributed by atoms with Gasteiger partial charge in [0.1, 0.15) is 0 Å². The molecule has 1 aliphatic heterocycles. The fourth-order valence-corrected chi connectivity index (χ4v) is 1.95. The van der Waals surface area contributed by atoms with Gasteiger partial charge >= 0.3 is 0 Å². The van der Waals surface area contributed by atoms with Crippen molar-refractivity contribution in [1.29, 1.82) is 0 Å². The zero-order valence-electron chi connectivity index (χ0n) is 9.29. The van der Waals surface area contributed by atoms with Crippen LogP contribution in [-0.2, 0) is 4.79 Å². The molecule has 14 heavy (non-hydrogen) atoms. The molecule has 0 bridgehead atoms. The maximum atomic E-state index is 11.7.